The van der Waals surface area contributed by atoms with Crippen LogP contribution in [-0.4, -0.2) is 24.5 Å². The van der Waals surface area contributed by atoms with E-state index in [-0.39, 0.29) is 5.91 Å². The molecule has 0 fully saturated rings. The van der Waals surface area contributed by atoms with Crippen LogP contribution in [0.15, 0.2) is 66.9 Å². The summed E-state index contributed by atoms with van der Waals surface area (Å²) in [5.74, 6) is 1.35. The van der Waals surface area contributed by atoms with Gasteiger partial charge in [0.25, 0.3) is 0 Å². The Hall–Kier alpha value is -3.34. The van der Waals surface area contributed by atoms with Crippen molar-refractivity contribution < 1.29 is 9.53 Å². The number of nitrogens with zero attached hydrogens (tertiary/aromatic N) is 1. The lowest BCUT2D eigenvalue weighted by Crippen LogP contribution is -2.15. The van der Waals surface area contributed by atoms with E-state index in [9.17, 15) is 4.79 Å². The zero-order valence-corrected chi connectivity index (χ0v) is 16.2. The van der Waals surface area contributed by atoms with Gasteiger partial charge in [0.05, 0.1) is 25.4 Å². The number of hydrogen-bond donors (Lipinski definition) is 2. The lowest BCUT2D eigenvalue weighted by atomic mass is 10.1. The number of carbonyl (C=O) groups is 1. The van der Waals surface area contributed by atoms with E-state index in [1.807, 2.05) is 61.5 Å². The average Bonchev–Trinajstić information content (AvgIpc) is 2.69. The van der Waals surface area contributed by atoms with Crippen LogP contribution >= 0.6 is 0 Å². The second-order valence-corrected chi connectivity index (χ2v) is 6.67. The molecule has 0 aliphatic heterocycles. The highest BCUT2D eigenvalue weighted by Gasteiger charge is 2.05. The van der Waals surface area contributed by atoms with Gasteiger partial charge in [-0.1, -0.05) is 42.0 Å². The van der Waals surface area contributed by atoms with E-state index in [1.165, 1.54) is 5.56 Å². The Kier molecular flexibility index (Phi) is 6.63. The molecule has 0 spiro atoms. The van der Waals surface area contributed by atoms with Crippen LogP contribution in [0.25, 0.3) is 0 Å². The van der Waals surface area contributed by atoms with Crippen LogP contribution < -0.4 is 15.4 Å². The topological polar surface area (TPSA) is 63.2 Å². The minimum absolute atomic E-state index is 0.0724. The molecule has 144 valence electrons. The smallest absolute Gasteiger partial charge is 0.229 e. The van der Waals surface area contributed by atoms with Crippen molar-refractivity contribution in [2.75, 3.05) is 24.3 Å². The van der Waals surface area contributed by atoms with Crippen LogP contribution in [0, 0.1) is 6.92 Å². The Bertz CT molecular complexity index is 923. The van der Waals surface area contributed by atoms with Crippen LogP contribution in [0.2, 0.25) is 0 Å². The maximum absolute atomic E-state index is 12.2. The summed E-state index contributed by atoms with van der Waals surface area (Å²) in [6.45, 7) is 2.80. The van der Waals surface area contributed by atoms with Crippen molar-refractivity contribution in [1.82, 2.24) is 4.98 Å². The molecule has 0 aliphatic rings. The molecule has 0 saturated carbocycles. The van der Waals surface area contributed by atoms with E-state index in [2.05, 4.69) is 21.7 Å². The number of pyridine rings is 1. The molecule has 28 heavy (non-hydrogen) atoms. The van der Waals surface area contributed by atoms with E-state index in [0.717, 1.165) is 35.5 Å². The molecule has 0 bridgehead atoms. The SMILES string of the molecule is COc1cccc(CCNc2ccc(NC(=O)Cc3cccc(C)c3)nc2)c1. The summed E-state index contributed by atoms with van der Waals surface area (Å²) in [7, 11) is 1.67. The summed E-state index contributed by atoms with van der Waals surface area (Å²) in [5, 5.41) is 6.18. The van der Waals surface area contributed by atoms with Crippen molar-refractivity contribution >= 4 is 17.4 Å². The molecule has 1 heterocycles. The molecule has 2 aromatic carbocycles. The summed E-state index contributed by atoms with van der Waals surface area (Å²) < 4.78 is 5.24. The van der Waals surface area contributed by atoms with Crippen molar-refractivity contribution in [3.8, 4) is 5.75 Å². The number of aryl methyl sites for hydroxylation is 1. The van der Waals surface area contributed by atoms with Gasteiger partial charge in [-0.3, -0.25) is 4.79 Å². The molecule has 3 rings (SSSR count). The molecule has 0 radical (unpaired) electrons. The summed E-state index contributed by atoms with van der Waals surface area (Å²) in [6, 6.07) is 19.7. The van der Waals surface area contributed by atoms with E-state index in [0.29, 0.717) is 12.2 Å². The highest BCUT2D eigenvalue weighted by molar-refractivity contribution is 5.91. The predicted molar refractivity (Wildman–Crippen MR) is 113 cm³/mol. The van der Waals surface area contributed by atoms with Gasteiger partial charge in [0.15, 0.2) is 0 Å². The number of rotatable bonds is 8. The van der Waals surface area contributed by atoms with Crippen molar-refractivity contribution in [2.45, 2.75) is 19.8 Å². The predicted octanol–water partition coefficient (Wildman–Crippen LogP) is 4.23. The van der Waals surface area contributed by atoms with Gasteiger partial charge in [-0.2, -0.15) is 0 Å². The standard InChI is InChI=1S/C23H25N3O2/c1-17-5-3-7-19(13-17)15-23(27)26-22-10-9-20(16-25-22)24-12-11-18-6-4-8-21(14-18)28-2/h3-10,13-14,16,24H,11-12,15H2,1-2H3,(H,25,26,27). The molecule has 3 aromatic rings. The van der Waals surface area contributed by atoms with Gasteiger partial charge in [-0.15, -0.1) is 0 Å². The second-order valence-electron chi connectivity index (χ2n) is 6.67. The fourth-order valence-electron chi connectivity index (χ4n) is 2.95. The Morgan fingerprint density at radius 3 is 2.61 bits per heavy atom. The first-order valence-corrected chi connectivity index (χ1v) is 9.30. The molecule has 5 nitrogen and oxygen atoms in total. The summed E-state index contributed by atoms with van der Waals surface area (Å²) in [4.78, 5) is 16.5. The fraction of sp³-hybridized carbons (Fsp3) is 0.217. The first-order chi connectivity index (χ1) is 13.6. The van der Waals surface area contributed by atoms with Gasteiger partial charge in [0.2, 0.25) is 5.91 Å². The maximum Gasteiger partial charge on any atom is 0.229 e. The number of hydrogen-bond acceptors (Lipinski definition) is 4. The lowest BCUT2D eigenvalue weighted by molar-refractivity contribution is -0.115. The largest absolute Gasteiger partial charge is 0.497 e. The molecular formula is C23H25N3O2. The molecule has 2 N–H and O–H groups in total. The van der Waals surface area contributed by atoms with Crippen LogP contribution in [0.1, 0.15) is 16.7 Å². The number of aromatic nitrogens is 1. The van der Waals surface area contributed by atoms with Crippen molar-refractivity contribution in [3.63, 3.8) is 0 Å². The molecular weight excluding hydrogens is 350 g/mol. The van der Waals surface area contributed by atoms with E-state index >= 15 is 0 Å². The fourth-order valence-corrected chi connectivity index (χ4v) is 2.95. The van der Waals surface area contributed by atoms with E-state index in [1.54, 1.807) is 13.3 Å². The Balaban J connectivity index is 1.47. The van der Waals surface area contributed by atoms with Crippen LogP contribution in [-0.2, 0) is 17.6 Å². The summed E-state index contributed by atoms with van der Waals surface area (Å²) in [6.07, 6.45) is 2.95. The molecule has 1 amide bonds. The Morgan fingerprint density at radius 1 is 1.04 bits per heavy atom. The number of anilines is 2. The van der Waals surface area contributed by atoms with Crippen LogP contribution in [0.3, 0.4) is 0 Å². The molecule has 1 aromatic heterocycles. The molecule has 0 saturated heterocycles. The second kappa shape index (κ2) is 9.55. The molecule has 0 aliphatic carbocycles. The van der Waals surface area contributed by atoms with Gasteiger partial charge in [0, 0.05) is 6.54 Å². The zero-order chi connectivity index (χ0) is 19.8. The van der Waals surface area contributed by atoms with Crippen LogP contribution in [0.4, 0.5) is 11.5 Å². The highest BCUT2D eigenvalue weighted by Crippen LogP contribution is 2.14. The third-order valence-electron chi connectivity index (χ3n) is 4.36. The first kappa shape index (κ1) is 19.4. The van der Waals surface area contributed by atoms with Crippen LogP contribution in [0.5, 0.6) is 5.75 Å². The zero-order valence-electron chi connectivity index (χ0n) is 16.2. The monoisotopic (exact) mass is 375 g/mol. The number of amides is 1. The molecule has 0 unspecified atom stereocenters. The quantitative estimate of drug-likeness (QED) is 0.618. The van der Waals surface area contributed by atoms with Gasteiger partial charge in [0.1, 0.15) is 11.6 Å². The van der Waals surface area contributed by atoms with Crippen molar-refractivity contribution in [3.05, 3.63) is 83.6 Å². The van der Waals surface area contributed by atoms with Gasteiger partial charge in [-0.05, 0) is 48.7 Å². The van der Waals surface area contributed by atoms with E-state index < -0.39 is 0 Å². The third kappa shape index (κ3) is 5.84. The first-order valence-electron chi connectivity index (χ1n) is 9.30. The number of benzene rings is 2. The van der Waals surface area contributed by atoms with Crippen molar-refractivity contribution in [1.29, 1.82) is 0 Å². The minimum atomic E-state index is -0.0724. The van der Waals surface area contributed by atoms with Crippen molar-refractivity contribution in [2.24, 2.45) is 0 Å². The summed E-state index contributed by atoms with van der Waals surface area (Å²) >= 11 is 0. The lowest BCUT2D eigenvalue weighted by Gasteiger charge is -2.09. The highest BCUT2D eigenvalue weighted by atomic mass is 16.5. The van der Waals surface area contributed by atoms with Gasteiger partial charge >= 0.3 is 0 Å². The average molecular weight is 375 g/mol. The van der Waals surface area contributed by atoms with Gasteiger partial charge in [-0.25, -0.2) is 4.98 Å². The Labute approximate surface area is 165 Å². The maximum atomic E-state index is 12.2. The number of nitrogens with one attached hydrogen (secondary N) is 2. The summed E-state index contributed by atoms with van der Waals surface area (Å²) in [5.41, 5.74) is 4.26. The minimum Gasteiger partial charge on any atom is -0.497 e. The number of ether oxygens (including phenoxy) is 1. The van der Waals surface area contributed by atoms with E-state index in [4.69, 9.17) is 4.74 Å². The molecule has 5 heteroatoms. The third-order valence-corrected chi connectivity index (χ3v) is 4.36. The molecule has 0 atom stereocenters. The Morgan fingerprint density at radius 2 is 1.86 bits per heavy atom. The normalized spacial score (nSPS) is 10.4. The van der Waals surface area contributed by atoms with Gasteiger partial charge < -0.3 is 15.4 Å². The number of carbonyl (C=O) groups excluding carboxylic acids is 1. The number of methoxy groups -OCH3 is 1.